The van der Waals surface area contributed by atoms with Crippen LogP contribution >= 0.6 is 0 Å². The van der Waals surface area contributed by atoms with Crippen molar-refractivity contribution in [2.45, 2.75) is 48.0 Å². The Balaban J connectivity index is 3.76. The molecule has 2 nitrogen and oxygen atoms in total. The lowest BCUT2D eigenvalue weighted by Crippen LogP contribution is -2.35. The third-order valence-electron chi connectivity index (χ3n) is 3.16. The lowest BCUT2D eigenvalue weighted by atomic mass is 9.89. The summed E-state index contributed by atoms with van der Waals surface area (Å²) in [6.07, 6.45) is 1.28. The summed E-state index contributed by atoms with van der Waals surface area (Å²) in [7, 11) is 0. The van der Waals surface area contributed by atoms with Crippen LogP contribution in [0.15, 0.2) is 0 Å². The molecule has 16 heavy (non-hydrogen) atoms. The summed E-state index contributed by atoms with van der Waals surface area (Å²) in [5, 5.41) is 3.57. The lowest BCUT2D eigenvalue weighted by molar-refractivity contribution is 0.226. The number of hydrogen-bond donors (Lipinski definition) is 1. The molecule has 0 aromatic heterocycles. The Bertz CT molecular complexity index is 160. The first-order valence-corrected chi connectivity index (χ1v) is 6.84. The second-order valence-corrected chi connectivity index (χ2v) is 5.97. The fraction of sp³-hybridized carbons (Fsp3) is 1.00. The topological polar surface area (TPSA) is 15.3 Å². The smallest absolute Gasteiger partial charge is 0.000311 e. The largest absolute Gasteiger partial charge is 0.316 e. The van der Waals surface area contributed by atoms with Crippen molar-refractivity contribution in [3.8, 4) is 0 Å². The van der Waals surface area contributed by atoms with Gasteiger partial charge in [-0.1, -0.05) is 41.5 Å². The zero-order chi connectivity index (χ0) is 12.6. The van der Waals surface area contributed by atoms with Gasteiger partial charge < -0.3 is 10.2 Å². The SMILES string of the molecule is CCN(CC)CCC(C)(C)CNCC(C)C. The monoisotopic (exact) mass is 228 g/mol. The summed E-state index contributed by atoms with van der Waals surface area (Å²) in [6, 6.07) is 0. The predicted octanol–water partition coefficient (Wildman–Crippen LogP) is 2.99. The zero-order valence-electron chi connectivity index (χ0n) is 12.3. The van der Waals surface area contributed by atoms with Gasteiger partial charge in [0.2, 0.25) is 0 Å². The third-order valence-corrected chi connectivity index (χ3v) is 3.16. The first kappa shape index (κ1) is 15.9. The normalized spacial score (nSPS) is 12.8. The third kappa shape index (κ3) is 8.12. The van der Waals surface area contributed by atoms with E-state index in [1.807, 2.05) is 0 Å². The van der Waals surface area contributed by atoms with Gasteiger partial charge in [-0.05, 0) is 43.9 Å². The minimum Gasteiger partial charge on any atom is -0.316 e. The molecule has 2 heteroatoms. The molecular weight excluding hydrogens is 196 g/mol. The Morgan fingerprint density at radius 1 is 1.12 bits per heavy atom. The minimum atomic E-state index is 0.414. The van der Waals surface area contributed by atoms with Crippen LogP contribution in [-0.4, -0.2) is 37.6 Å². The van der Waals surface area contributed by atoms with Gasteiger partial charge in [0.25, 0.3) is 0 Å². The van der Waals surface area contributed by atoms with E-state index in [2.05, 4.69) is 51.8 Å². The molecule has 0 spiro atoms. The molecule has 1 N–H and O–H groups in total. The fourth-order valence-corrected chi connectivity index (χ4v) is 1.79. The fourth-order valence-electron chi connectivity index (χ4n) is 1.79. The van der Waals surface area contributed by atoms with E-state index in [9.17, 15) is 0 Å². The number of nitrogens with one attached hydrogen (secondary N) is 1. The van der Waals surface area contributed by atoms with E-state index in [4.69, 9.17) is 0 Å². The maximum atomic E-state index is 3.57. The highest BCUT2D eigenvalue weighted by molar-refractivity contribution is 4.73. The van der Waals surface area contributed by atoms with Gasteiger partial charge in [-0.3, -0.25) is 0 Å². The van der Waals surface area contributed by atoms with Crippen molar-refractivity contribution in [2.24, 2.45) is 11.3 Å². The van der Waals surface area contributed by atoms with Gasteiger partial charge in [-0.2, -0.15) is 0 Å². The molecule has 0 aliphatic heterocycles. The number of rotatable bonds is 9. The highest BCUT2D eigenvalue weighted by Gasteiger charge is 2.18. The van der Waals surface area contributed by atoms with Gasteiger partial charge in [-0.15, -0.1) is 0 Å². The molecule has 0 aromatic rings. The molecule has 0 saturated carbocycles. The summed E-state index contributed by atoms with van der Waals surface area (Å²) >= 11 is 0. The van der Waals surface area contributed by atoms with Crippen molar-refractivity contribution in [1.29, 1.82) is 0 Å². The molecule has 0 aromatic carbocycles. The maximum Gasteiger partial charge on any atom is 0.000311 e. The zero-order valence-corrected chi connectivity index (χ0v) is 12.3. The number of hydrogen-bond acceptors (Lipinski definition) is 2. The van der Waals surface area contributed by atoms with Crippen molar-refractivity contribution in [1.82, 2.24) is 10.2 Å². The van der Waals surface area contributed by atoms with Crippen LogP contribution in [0.5, 0.6) is 0 Å². The Morgan fingerprint density at radius 2 is 1.69 bits per heavy atom. The van der Waals surface area contributed by atoms with Crippen LogP contribution in [-0.2, 0) is 0 Å². The van der Waals surface area contributed by atoms with Gasteiger partial charge in [-0.25, -0.2) is 0 Å². The minimum absolute atomic E-state index is 0.414. The summed E-state index contributed by atoms with van der Waals surface area (Å²) < 4.78 is 0. The van der Waals surface area contributed by atoms with Crippen molar-refractivity contribution in [3.05, 3.63) is 0 Å². The van der Waals surface area contributed by atoms with Gasteiger partial charge in [0.15, 0.2) is 0 Å². The lowest BCUT2D eigenvalue weighted by Gasteiger charge is -2.29. The van der Waals surface area contributed by atoms with Crippen LogP contribution in [0.1, 0.15) is 48.0 Å². The van der Waals surface area contributed by atoms with Crippen molar-refractivity contribution in [2.75, 3.05) is 32.7 Å². The summed E-state index contributed by atoms with van der Waals surface area (Å²) in [5.41, 5.74) is 0.414. The molecule has 0 fully saturated rings. The molecule has 0 bridgehead atoms. The van der Waals surface area contributed by atoms with Crippen LogP contribution < -0.4 is 5.32 Å². The van der Waals surface area contributed by atoms with Crippen LogP contribution in [0.4, 0.5) is 0 Å². The van der Waals surface area contributed by atoms with E-state index in [1.165, 1.54) is 26.1 Å². The van der Waals surface area contributed by atoms with Crippen LogP contribution in [0.25, 0.3) is 0 Å². The van der Waals surface area contributed by atoms with Crippen molar-refractivity contribution >= 4 is 0 Å². The van der Waals surface area contributed by atoms with E-state index in [1.54, 1.807) is 0 Å². The Kier molecular flexibility index (Phi) is 8.04. The molecule has 0 saturated heterocycles. The second kappa shape index (κ2) is 8.08. The average Bonchev–Trinajstić information content (AvgIpc) is 2.18. The highest BCUT2D eigenvalue weighted by Crippen LogP contribution is 2.19. The molecule has 0 rings (SSSR count). The molecule has 0 aliphatic carbocycles. The first-order chi connectivity index (χ1) is 7.41. The van der Waals surface area contributed by atoms with Crippen molar-refractivity contribution in [3.63, 3.8) is 0 Å². The number of nitrogens with zero attached hydrogens (tertiary/aromatic N) is 1. The Hall–Kier alpha value is -0.0800. The Labute approximate surface area is 103 Å². The van der Waals surface area contributed by atoms with E-state index < -0.39 is 0 Å². The highest BCUT2D eigenvalue weighted by atomic mass is 15.1. The molecule has 0 aliphatic rings. The van der Waals surface area contributed by atoms with Gasteiger partial charge >= 0.3 is 0 Å². The molecule has 0 unspecified atom stereocenters. The molecule has 98 valence electrons. The molecule has 0 amide bonds. The average molecular weight is 228 g/mol. The van der Waals surface area contributed by atoms with E-state index in [0.29, 0.717) is 5.41 Å². The van der Waals surface area contributed by atoms with Crippen LogP contribution in [0.3, 0.4) is 0 Å². The van der Waals surface area contributed by atoms with E-state index in [-0.39, 0.29) is 0 Å². The first-order valence-electron chi connectivity index (χ1n) is 6.84. The standard InChI is InChI=1S/C14H32N2/c1-7-16(8-2)10-9-14(5,6)12-15-11-13(3)4/h13,15H,7-12H2,1-6H3. The summed E-state index contributed by atoms with van der Waals surface area (Å²) in [6.45, 7) is 19.6. The van der Waals surface area contributed by atoms with Gasteiger partial charge in [0.1, 0.15) is 0 Å². The van der Waals surface area contributed by atoms with E-state index in [0.717, 1.165) is 19.0 Å². The molecule has 0 atom stereocenters. The van der Waals surface area contributed by atoms with E-state index >= 15 is 0 Å². The summed E-state index contributed by atoms with van der Waals surface area (Å²) in [5.74, 6) is 0.749. The van der Waals surface area contributed by atoms with Crippen molar-refractivity contribution < 1.29 is 0 Å². The van der Waals surface area contributed by atoms with Crippen LogP contribution in [0.2, 0.25) is 0 Å². The molecule has 0 radical (unpaired) electrons. The van der Waals surface area contributed by atoms with Crippen LogP contribution in [0, 0.1) is 11.3 Å². The quantitative estimate of drug-likeness (QED) is 0.652. The van der Waals surface area contributed by atoms with Gasteiger partial charge in [0, 0.05) is 6.54 Å². The predicted molar refractivity (Wildman–Crippen MR) is 73.9 cm³/mol. The maximum absolute atomic E-state index is 3.57. The molecule has 0 heterocycles. The second-order valence-electron chi connectivity index (χ2n) is 5.97. The Morgan fingerprint density at radius 3 is 2.12 bits per heavy atom. The van der Waals surface area contributed by atoms with Gasteiger partial charge in [0.05, 0.1) is 0 Å². The summed E-state index contributed by atoms with van der Waals surface area (Å²) in [4.78, 5) is 2.50. The molecular formula is C14H32N2.